The molecule has 0 amide bonds. The molecule has 1 aromatic heterocycles. The summed E-state index contributed by atoms with van der Waals surface area (Å²) in [4.78, 5) is 11.9. The molecule has 1 fully saturated rings. The fraction of sp³-hybridized carbons (Fsp3) is 0.333. The molecule has 1 saturated carbocycles. The third-order valence-electron chi connectivity index (χ3n) is 3.67. The van der Waals surface area contributed by atoms with Gasteiger partial charge in [0, 0.05) is 23.8 Å². The molecule has 1 aromatic carbocycles. The van der Waals surface area contributed by atoms with Crippen molar-refractivity contribution in [3.05, 3.63) is 45.8 Å². The quantitative estimate of drug-likeness (QED) is 0.749. The topological polar surface area (TPSA) is 60.2 Å². The van der Waals surface area contributed by atoms with Crippen molar-refractivity contribution in [2.75, 3.05) is 6.26 Å². The van der Waals surface area contributed by atoms with Crippen LogP contribution in [-0.4, -0.2) is 21.4 Å². The van der Waals surface area contributed by atoms with Crippen LogP contribution in [0.1, 0.15) is 46.1 Å². The SMILES string of the molecule is CS(=O)c1c(Cl)ccc(C(=O)c2cc(C3CC3)on2)c1C(F)(F)F. The van der Waals surface area contributed by atoms with Crippen molar-refractivity contribution in [3.8, 4) is 0 Å². The molecule has 0 radical (unpaired) electrons. The molecule has 1 atom stereocenters. The summed E-state index contributed by atoms with van der Waals surface area (Å²) in [6.07, 6.45) is -2.01. The maximum atomic E-state index is 13.5. The Hall–Kier alpha value is -1.67. The van der Waals surface area contributed by atoms with Gasteiger partial charge in [0.05, 0.1) is 26.3 Å². The lowest BCUT2D eigenvalue weighted by atomic mass is 10.0. The Labute approximate surface area is 142 Å². The average molecular weight is 378 g/mol. The van der Waals surface area contributed by atoms with Gasteiger partial charge in [0.15, 0.2) is 5.69 Å². The van der Waals surface area contributed by atoms with Gasteiger partial charge in [-0.25, -0.2) is 0 Å². The number of nitrogens with zero attached hydrogens (tertiary/aromatic N) is 1. The van der Waals surface area contributed by atoms with E-state index in [-0.39, 0.29) is 16.6 Å². The van der Waals surface area contributed by atoms with Crippen LogP contribution in [0, 0.1) is 0 Å². The van der Waals surface area contributed by atoms with Crippen LogP contribution in [0.4, 0.5) is 13.2 Å². The molecule has 1 aliphatic carbocycles. The van der Waals surface area contributed by atoms with E-state index >= 15 is 0 Å². The molecular weight excluding hydrogens is 367 g/mol. The van der Waals surface area contributed by atoms with Crippen molar-refractivity contribution in [3.63, 3.8) is 0 Å². The summed E-state index contributed by atoms with van der Waals surface area (Å²) in [5.41, 5.74) is -2.15. The first-order valence-corrected chi connectivity index (χ1v) is 8.88. The molecule has 0 spiro atoms. The minimum Gasteiger partial charge on any atom is -0.360 e. The summed E-state index contributed by atoms with van der Waals surface area (Å²) in [5, 5.41) is 3.27. The molecule has 3 rings (SSSR count). The number of benzene rings is 1. The molecule has 2 aromatic rings. The second-order valence-corrected chi connectivity index (χ2v) is 7.19. The number of carbonyl (C=O) groups is 1. The van der Waals surface area contributed by atoms with Gasteiger partial charge in [0.25, 0.3) is 0 Å². The molecule has 128 valence electrons. The number of ketones is 1. The molecule has 1 aliphatic rings. The summed E-state index contributed by atoms with van der Waals surface area (Å²) in [6.45, 7) is 0. The van der Waals surface area contributed by atoms with E-state index in [1.165, 1.54) is 6.07 Å². The van der Waals surface area contributed by atoms with Crippen LogP contribution in [0.3, 0.4) is 0 Å². The molecule has 0 N–H and O–H groups in total. The summed E-state index contributed by atoms with van der Waals surface area (Å²) in [6, 6.07) is 3.45. The van der Waals surface area contributed by atoms with Gasteiger partial charge in [0.2, 0.25) is 5.78 Å². The van der Waals surface area contributed by atoms with Gasteiger partial charge in [-0.1, -0.05) is 16.8 Å². The first-order valence-electron chi connectivity index (χ1n) is 6.94. The highest BCUT2D eigenvalue weighted by Crippen LogP contribution is 2.42. The molecule has 0 bridgehead atoms. The van der Waals surface area contributed by atoms with Crippen LogP contribution in [0.25, 0.3) is 0 Å². The largest absolute Gasteiger partial charge is 0.418 e. The van der Waals surface area contributed by atoms with Crippen molar-refractivity contribution in [1.29, 1.82) is 0 Å². The van der Waals surface area contributed by atoms with Crippen molar-refractivity contribution in [1.82, 2.24) is 5.16 Å². The van der Waals surface area contributed by atoms with Crippen LogP contribution in [0.5, 0.6) is 0 Å². The van der Waals surface area contributed by atoms with Crippen LogP contribution in [-0.2, 0) is 17.0 Å². The monoisotopic (exact) mass is 377 g/mol. The van der Waals surface area contributed by atoms with E-state index in [0.717, 1.165) is 31.2 Å². The van der Waals surface area contributed by atoms with Crippen molar-refractivity contribution in [2.45, 2.75) is 29.8 Å². The minimum absolute atomic E-state index is 0.171. The molecular formula is C15H11ClF3NO3S. The molecule has 1 heterocycles. The number of carbonyl (C=O) groups excluding carboxylic acids is 1. The number of halogens is 4. The van der Waals surface area contributed by atoms with E-state index in [0.29, 0.717) is 5.76 Å². The number of rotatable bonds is 4. The van der Waals surface area contributed by atoms with Gasteiger partial charge in [-0.05, 0) is 25.0 Å². The lowest BCUT2D eigenvalue weighted by Gasteiger charge is -2.16. The summed E-state index contributed by atoms with van der Waals surface area (Å²) in [5.74, 6) is -0.286. The Morgan fingerprint density at radius 1 is 1.38 bits per heavy atom. The first-order chi connectivity index (χ1) is 11.2. The highest BCUT2D eigenvalue weighted by molar-refractivity contribution is 7.84. The number of alkyl halides is 3. The van der Waals surface area contributed by atoms with Gasteiger partial charge in [-0.3, -0.25) is 9.00 Å². The maximum absolute atomic E-state index is 13.5. The Balaban J connectivity index is 2.13. The standard InChI is InChI=1S/C15H11ClF3NO3S/c1-24(22)14-9(16)5-4-8(12(14)15(17,18)19)13(21)10-6-11(23-20-10)7-2-3-7/h4-7H,2-3H2,1H3. The fourth-order valence-electron chi connectivity index (χ4n) is 2.40. The van der Waals surface area contributed by atoms with Crippen LogP contribution in [0.15, 0.2) is 27.6 Å². The van der Waals surface area contributed by atoms with Gasteiger partial charge >= 0.3 is 6.18 Å². The van der Waals surface area contributed by atoms with Crippen LogP contribution >= 0.6 is 11.6 Å². The zero-order chi connectivity index (χ0) is 17.6. The Morgan fingerprint density at radius 2 is 2.04 bits per heavy atom. The third-order valence-corrected chi connectivity index (χ3v) is 5.09. The highest BCUT2D eigenvalue weighted by Gasteiger charge is 2.41. The minimum atomic E-state index is -4.89. The predicted octanol–water partition coefficient (Wildman–Crippen LogP) is 4.19. The van der Waals surface area contributed by atoms with Gasteiger partial charge in [-0.2, -0.15) is 13.2 Å². The maximum Gasteiger partial charge on any atom is 0.418 e. The molecule has 1 unspecified atom stereocenters. The van der Waals surface area contributed by atoms with Gasteiger partial charge in [0.1, 0.15) is 5.76 Å². The van der Waals surface area contributed by atoms with E-state index in [4.69, 9.17) is 16.1 Å². The predicted molar refractivity (Wildman–Crippen MR) is 80.7 cm³/mol. The van der Waals surface area contributed by atoms with E-state index in [9.17, 15) is 22.2 Å². The average Bonchev–Trinajstić information content (AvgIpc) is 3.22. The normalized spacial score (nSPS) is 16.2. The lowest BCUT2D eigenvalue weighted by molar-refractivity contribution is -0.140. The zero-order valence-corrected chi connectivity index (χ0v) is 13.9. The molecule has 24 heavy (non-hydrogen) atoms. The second kappa shape index (κ2) is 6.00. The van der Waals surface area contributed by atoms with E-state index in [1.807, 2.05) is 0 Å². The van der Waals surface area contributed by atoms with Gasteiger partial charge < -0.3 is 4.52 Å². The summed E-state index contributed by atoms with van der Waals surface area (Å²) >= 11 is 5.77. The number of hydrogen-bond acceptors (Lipinski definition) is 4. The smallest absolute Gasteiger partial charge is 0.360 e. The zero-order valence-electron chi connectivity index (χ0n) is 12.3. The van der Waals surface area contributed by atoms with E-state index in [2.05, 4.69) is 5.16 Å². The fourth-order valence-corrected chi connectivity index (χ4v) is 3.74. The van der Waals surface area contributed by atoms with Gasteiger partial charge in [-0.15, -0.1) is 0 Å². The molecule has 0 saturated heterocycles. The molecule has 0 aliphatic heterocycles. The Bertz CT molecular complexity index is 843. The highest BCUT2D eigenvalue weighted by atomic mass is 35.5. The van der Waals surface area contributed by atoms with Crippen molar-refractivity contribution < 1.29 is 26.7 Å². The summed E-state index contributed by atoms with van der Waals surface area (Å²) < 4.78 is 57.2. The van der Waals surface area contributed by atoms with Crippen molar-refractivity contribution in [2.24, 2.45) is 0 Å². The second-order valence-electron chi connectivity index (χ2n) is 5.47. The molecule has 4 nitrogen and oxygen atoms in total. The molecule has 9 heteroatoms. The number of hydrogen-bond donors (Lipinski definition) is 0. The Morgan fingerprint density at radius 3 is 2.58 bits per heavy atom. The first kappa shape index (κ1) is 17.2. The van der Waals surface area contributed by atoms with Crippen molar-refractivity contribution >= 4 is 28.2 Å². The third kappa shape index (κ3) is 3.12. The lowest BCUT2D eigenvalue weighted by Crippen LogP contribution is -2.18. The van der Waals surface area contributed by atoms with E-state index in [1.54, 1.807) is 0 Å². The summed E-state index contributed by atoms with van der Waals surface area (Å²) in [7, 11) is -2.02. The van der Waals surface area contributed by atoms with E-state index < -0.39 is 38.8 Å². The van der Waals surface area contributed by atoms with Crippen LogP contribution in [0.2, 0.25) is 5.02 Å². The number of aromatic nitrogens is 1. The Kier molecular flexibility index (Phi) is 4.29. The van der Waals surface area contributed by atoms with Crippen LogP contribution < -0.4 is 0 Å².